The van der Waals surface area contributed by atoms with Gasteiger partial charge in [0.2, 0.25) is 0 Å². The Morgan fingerprint density at radius 3 is 2.71 bits per heavy atom. The molecule has 0 spiro atoms. The molecule has 0 saturated carbocycles. The molecule has 1 aromatic heterocycles. The molecule has 4 heteroatoms. The number of hydrogen-bond acceptors (Lipinski definition) is 4. The van der Waals surface area contributed by atoms with Gasteiger partial charge in [0.1, 0.15) is 0 Å². The van der Waals surface area contributed by atoms with Crippen molar-refractivity contribution >= 4 is 5.71 Å². The Kier molecular flexibility index (Phi) is 4.17. The molecule has 0 bridgehead atoms. The van der Waals surface area contributed by atoms with Crippen LogP contribution in [-0.4, -0.2) is 53.7 Å². The first-order valence-corrected chi connectivity index (χ1v) is 8.69. The number of pyridine rings is 1. The first kappa shape index (κ1) is 15.5. The molecule has 1 aromatic carbocycles. The van der Waals surface area contributed by atoms with Crippen LogP contribution in [0.15, 0.2) is 41.5 Å². The van der Waals surface area contributed by atoms with Gasteiger partial charge < -0.3 is 4.90 Å². The summed E-state index contributed by atoms with van der Waals surface area (Å²) in [7, 11) is 2.20. The maximum atomic E-state index is 4.61. The van der Waals surface area contributed by atoms with E-state index in [-0.39, 0.29) is 0 Å². The largest absolute Gasteiger partial charge is 0.304 e. The Morgan fingerprint density at radius 2 is 1.88 bits per heavy atom. The number of aliphatic imine (C=N–C) groups is 1. The van der Waals surface area contributed by atoms with Gasteiger partial charge in [-0.3, -0.25) is 14.9 Å². The van der Waals surface area contributed by atoms with Gasteiger partial charge in [0.15, 0.2) is 0 Å². The highest BCUT2D eigenvalue weighted by Gasteiger charge is 2.16. The Balaban J connectivity index is 1.55. The Labute approximate surface area is 143 Å². The maximum absolute atomic E-state index is 4.61. The van der Waals surface area contributed by atoms with Gasteiger partial charge in [0, 0.05) is 55.8 Å². The zero-order valence-corrected chi connectivity index (χ0v) is 14.5. The number of hydrogen-bond donors (Lipinski definition) is 0. The van der Waals surface area contributed by atoms with Crippen molar-refractivity contribution in [3.63, 3.8) is 0 Å². The predicted octanol–water partition coefficient (Wildman–Crippen LogP) is 2.82. The number of aromatic nitrogens is 1. The average molecular weight is 320 g/mol. The third-order valence-electron chi connectivity index (χ3n) is 5.09. The Bertz CT molecular complexity index is 773. The van der Waals surface area contributed by atoms with Crippen molar-refractivity contribution in [3.05, 3.63) is 53.3 Å². The summed E-state index contributed by atoms with van der Waals surface area (Å²) >= 11 is 0. The molecular weight excluding hydrogens is 296 g/mol. The Hall–Kier alpha value is -2.04. The van der Waals surface area contributed by atoms with E-state index in [1.165, 1.54) is 22.3 Å². The molecule has 2 aromatic rings. The summed E-state index contributed by atoms with van der Waals surface area (Å²) in [5, 5.41) is 0. The van der Waals surface area contributed by atoms with Crippen LogP contribution >= 0.6 is 0 Å². The molecule has 4 nitrogen and oxygen atoms in total. The van der Waals surface area contributed by atoms with Gasteiger partial charge in [-0.15, -0.1) is 0 Å². The molecule has 124 valence electrons. The number of likely N-dealkylation sites (N-methyl/N-ethyl adjacent to an activating group) is 1. The SMILES string of the molecule is CC1=NCc2ncc(-c3cccc(CN4CCN(C)CC4)c3)cc21. The lowest BCUT2D eigenvalue weighted by Crippen LogP contribution is -2.43. The minimum Gasteiger partial charge on any atom is -0.304 e. The average Bonchev–Trinajstić information content (AvgIpc) is 2.98. The second-order valence-corrected chi connectivity index (χ2v) is 6.90. The first-order valence-electron chi connectivity index (χ1n) is 8.69. The second-order valence-electron chi connectivity index (χ2n) is 6.90. The molecule has 0 unspecified atom stereocenters. The number of piperazine rings is 1. The molecule has 24 heavy (non-hydrogen) atoms. The number of fused-ring (bicyclic) bond motifs is 1. The van der Waals surface area contributed by atoms with E-state index in [0.29, 0.717) is 0 Å². The summed E-state index contributed by atoms with van der Waals surface area (Å²) in [6.07, 6.45) is 1.99. The van der Waals surface area contributed by atoms with E-state index < -0.39 is 0 Å². The first-order chi connectivity index (χ1) is 11.7. The van der Waals surface area contributed by atoms with Crippen LogP contribution in [0.3, 0.4) is 0 Å². The molecule has 1 fully saturated rings. The van der Waals surface area contributed by atoms with Gasteiger partial charge >= 0.3 is 0 Å². The number of nitrogens with zero attached hydrogens (tertiary/aromatic N) is 4. The Morgan fingerprint density at radius 1 is 1.04 bits per heavy atom. The fraction of sp³-hybridized carbons (Fsp3) is 0.400. The van der Waals surface area contributed by atoms with E-state index in [1.807, 2.05) is 6.20 Å². The van der Waals surface area contributed by atoms with Crippen LogP contribution in [0.5, 0.6) is 0 Å². The van der Waals surface area contributed by atoms with Crippen molar-refractivity contribution in [2.45, 2.75) is 20.0 Å². The quantitative estimate of drug-likeness (QED) is 0.871. The van der Waals surface area contributed by atoms with Crippen molar-refractivity contribution in [3.8, 4) is 11.1 Å². The van der Waals surface area contributed by atoms with E-state index in [0.717, 1.165) is 50.7 Å². The summed E-state index contributed by atoms with van der Waals surface area (Å²) in [5.41, 5.74) is 7.22. The standard InChI is InChI=1S/C20H24N4/c1-15-19-11-18(12-22-20(19)13-21-15)17-5-3-4-16(10-17)14-24-8-6-23(2)7-9-24/h3-5,10-12H,6-9,13-14H2,1-2H3. The van der Waals surface area contributed by atoms with E-state index in [9.17, 15) is 0 Å². The van der Waals surface area contributed by atoms with Gasteiger partial charge in [-0.2, -0.15) is 0 Å². The summed E-state index contributed by atoms with van der Waals surface area (Å²) in [6.45, 7) is 8.44. The third-order valence-corrected chi connectivity index (χ3v) is 5.09. The van der Waals surface area contributed by atoms with Crippen molar-refractivity contribution < 1.29 is 0 Å². The summed E-state index contributed by atoms with van der Waals surface area (Å²) in [5.74, 6) is 0. The van der Waals surface area contributed by atoms with Crippen LogP contribution in [0.1, 0.15) is 23.7 Å². The monoisotopic (exact) mass is 320 g/mol. The number of rotatable bonds is 3. The fourth-order valence-corrected chi connectivity index (χ4v) is 3.48. The van der Waals surface area contributed by atoms with Crippen LogP contribution in [0, 0.1) is 0 Å². The van der Waals surface area contributed by atoms with E-state index >= 15 is 0 Å². The highest BCUT2D eigenvalue weighted by molar-refractivity contribution is 6.02. The molecule has 0 aliphatic carbocycles. The molecule has 4 rings (SSSR count). The summed E-state index contributed by atoms with van der Waals surface area (Å²) in [6, 6.07) is 11.1. The highest BCUT2D eigenvalue weighted by Crippen LogP contribution is 2.25. The molecule has 0 N–H and O–H groups in total. The fourth-order valence-electron chi connectivity index (χ4n) is 3.48. The smallest absolute Gasteiger partial charge is 0.0821 e. The predicted molar refractivity (Wildman–Crippen MR) is 98.4 cm³/mol. The summed E-state index contributed by atoms with van der Waals surface area (Å²) < 4.78 is 0. The zero-order chi connectivity index (χ0) is 16.5. The van der Waals surface area contributed by atoms with E-state index in [2.05, 4.69) is 64.1 Å². The second kappa shape index (κ2) is 6.46. The van der Waals surface area contributed by atoms with E-state index in [4.69, 9.17) is 0 Å². The molecule has 2 aliphatic heterocycles. The number of benzene rings is 1. The van der Waals surface area contributed by atoms with Gasteiger partial charge in [0.25, 0.3) is 0 Å². The van der Waals surface area contributed by atoms with Gasteiger partial charge in [-0.1, -0.05) is 18.2 Å². The third kappa shape index (κ3) is 3.12. The molecular formula is C20H24N4. The van der Waals surface area contributed by atoms with Crippen LogP contribution in [0.25, 0.3) is 11.1 Å². The highest BCUT2D eigenvalue weighted by atomic mass is 15.2. The molecule has 1 saturated heterocycles. The topological polar surface area (TPSA) is 31.7 Å². The van der Waals surface area contributed by atoms with Crippen LogP contribution < -0.4 is 0 Å². The minimum atomic E-state index is 0.727. The lowest BCUT2D eigenvalue weighted by Gasteiger charge is -2.32. The molecule has 2 aliphatic rings. The zero-order valence-electron chi connectivity index (χ0n) is 14.5. The van der Waals surface area contributed by atoms with Gasteiger partial charge in [-0.25, -0.2) is 0 Å². The van der Waals surface area contributed by atoms with Crippen LogP contribution in [0.2, 0.25) is 0 Å². The molecule has 0 radical (unpaired) electrons. The lowest BCUT2D eigenvalue weighted by atomic mass is 10.0. The maximum Gasteiger partial charge on any atom is 0.0821 e. The van der Waals surface area contributed by atoms with Crippen molar-refractivity contribution in [1.29, 1.82) is 0 Å². The van der Waals surface area contributed by atoms with Gasteiger partial charge in [-0.05, 0) is 37.2 Å². The van der Waals surface area contributed by atoms with E-state index in [1.54, 1.807) is 0 Å². The van der Waals surface area contributed by atoms with Crippen LogP contribution in [0.4, 0.5) is 0 Å². The lowest BCUT2D eigenvalue weighted by molar-refractivity contribution is 0.148. The van der Waals surface area contributed by atoms with Crippen molar-refractivity contribution in [1.82, 2.24) is 14.8 Å². The van der Waals surface area contributed by atoms with Gasteiger partial charge in [0.05, 0.1) is 12.2 Å². The van der Waals surface area contributed by atoms with Crippen LogP contribution in [-0.2, 0) is 13.1 Å². The summed E-state index contributed by atoms with van der Waals surface area (Å²) in [4.78, 5) is 14.0. The molecule has 0 amide bonds. The normalized spacial score (nSPS) is 18.5. The molecule has 0 atom stereocenters. The van der Waals surface area contributed by atoms with Crippen molar-refractivity contribution in [2.75, 3.05) is 33.2 Å². The minimum absolute atomic E-state index is 0.727. The van der Waals surface area contributed by atoms with Crippen molar-refractivity contribution in [2.24, 2.45) is 4.99 Å². The molecule has 3 heterocycles.